The van der Waals surface area contributed by atoms with Gasteiger partial charge in [-0.15, -0.1) is 0 Å². The van der Waals surface area contributed by atoms with Crippen LogP contribution >= 0.6 is 0 Å². The summed E-state index contributed by atoms with van der Waals surface area (Å²) in [5.41, 5.74) is 3.57. The summed E-state index contributed by atoms with van der Waals surface area (Å²) in [7, 11) is 4.67. The van der Waals surface area contributed by atoms with Crippen molar-refractivity contribution in [3.8, 4) is 23.0 Å². The van der Waals surface area contributed by atoms with E-state index in [1.54, 1.807) is 48.5 Å². The van der Waals surface area contributed by atoms with Crippen LogP contribution < -0.4 is 62.1 Å². The molecule has 4 rings (SSSR count). The Balaban J connectivity index is 2.24. The Morgan fingerprint density at radius 3 is 0.784 bits per heavy atom. The molecule has 0 unspecified atom stereocenters. The Morgan fingerprint density at radius 2 is 0.622 bits per heavy atom. The molecule has 0 atom stereocenters. The fourth-order valence-corrected chi connectivity index (χ4v) is 11.1. The van der Waals surface area contributed by atoms with Gasteiger partial charge in [0.15, 0.2) is 31.1 Å². The Labute approximate surface area is 218 Å². The third-order valence-corrected chi connectivity index (χ3v) is 12.3. The Morgan fingerprint density at radius 1 is 0.405 bits per heavy atom. The van der Waals surface area contributed by atoms with E-state index in [4.69, 9.17) is 0 Å². The van der Waals surface area contributed by atoms with Crippen LogP contribution in [0.25, 0.3) is 0 Å². The molecule has 0 saturated heterocycles. The van der Waals surface area contributed by atoms with E-state index in [0.717, 1.165) is 42.6 Å². The predicted molar refractivity (Wildman–Crippen MR) is 156 cm³/mol. The normalized spacial score (nSPS) is 11.1. The highest BCUT2D eigenvalue weighted by Crippen LogP contribution is 2.15. The Kier molecular flexibility index (Phi) is 7.72. The topological polar surface area (TPSA) is 118 Å². The molecule has 0 aromatic heterocycles. The second-order valence-electron chi connectivity index (χ2n) is 9.02. The number of hydrogen-bond donors (Lipinski definition) is 4. The van der Waals surface area contributed by atoms with Crippen molar-refractivity contribution in [1.29, 1.82) is 0 Å². The van der Waals surface area contributed by atoms with E-state index in [1.165, 1.54) is 0 Å². The lowest BCUT2D eigenvalue weighted by molar-refractivity contribution is -0.137. The quantitative estimate of drug-likeness (QED) is 0.0810. The minimum Gasteiger partial charge on any atom is -0.340 e. The first kappa shape index (κ1) is 26.5. The lowest BCUT2D eigenvalue weighted by Crippen LogP contribution is -2.83. The summed E-state index contributed by atoms with van der Waals surface area (Å²) in [4.78, 5) is 18.1. The molecule has 4 aromatic rings. The zero-order valence-electron chi connectivity index (χ0n) is 20.9. The highest BCUT2D eigenvalue weighted by atomic mass is 28.3. The minimum atomic E-state index is -3.17. The third-order valence-electron chi connectivity index (χ3n) is 6.83. The molecule has 0 heterocycles. The van der Waals surface area contributed by atoms with E-state index in [9.17, 15) is 21.0 Å². The van der Waals surface area contributed by atoms with Gasteiger partial charge in [0.2, 0.25) is 0 Å². The molecule has 0 aliphatic carbocycles. The van der Waals surface area contributed by atoms with Gasteiger partial charge < -0.3 is 19.6 Å². The zero-order valence-corrected chi connectivity index (χ0v) is 21.9. The lowest BCUT2D eigenvalue weighted by atomic mass is 9.94. The first-order valence-electron chi connectivity index (χ1n) is 11.5. The maximum Gasteiger partial charge on any atom is 0.177 e. The van der Waals surface area contributed by atoms with Crippen molar-refractivity contribution in [2.45, 2.75) is 0 Å². The molecule has 13 heteroatoms. The summed E-state index contributed by atoms with van der Waals surface area (Å²) in [6.07, 6.45) is 0. The van der Waals surface area contributed by atoms with Crippen LogP contribution in [0, 0.1) is 0 Å². The molecule has 0 bridgehead atoms. The molecule has 0 spiro atoms. The maximum atomic E-state index is 9.31. The molecular weight excluding hydrogens is 488 g/mol. The number of benzene rings is 4. The van der Waals surface area contributed by atoms with Crippen LogP contribution in [-0.4, -0.2) is 60.5 Å². The monoisotopic (exact) mass is 512 g/mol. The zero-order chi connectivity index (χ0) is 26.7. The van der Waals surface area contributed by atoms with Gasteiger partial charge in [0.25, 0.3) is 0 Å². The van der Waals surface area contributed by atoms with Crippen LogP contribution in [0.4, 0.5) is 0 Å². The number of hydrogen-bond acceptors (Lipinski definition) is 8. The minimum absolute atomic E-state index is 0.311. The maximum absolute atomic E-state index is 9.31. The van der Waals surface area contributed by atoms with Gasteiger partial charge in [0.05, 0.1) is 0 Å². The van der Waals surface area contributed by atoms with Gasteiger partial charge in [-0.25, -0.2) is 21.0 Å². The van der Waals surface area contributed by atoms with Crippen molar-refractivity contribution in [1.82, 2.24) is 0 Å². The van der Waals surface area contributed by atoms with Crippen molar-refractivity contribution in [3.63, 3.8) is 0 Å². The summed E-state index contributed by atoms with van der Waals surface area (Å²) in [6.45, 7) is 0. The van der Waals surface area contributed by atoms with Crippen molar-refractivity contribution in [3.05, 3.63) is 72.8 Å². The Hall–Kier alpha value is -3.60. The van der Waals surface area contributed by atoms with Crippen molar-refractivity contribution >= 4 is 82.1 Å². The van der Waals surface area contributed by atoms with Crippen LogP contribution in [0.15, 0.2) is 72.8 Å². The largest absolute Gasteiger partial charge is 0.340 e. The molecule has 0 fully saturated rings. The van der Waals surface area contributed by atoms with Gasteiger partial charge >= 0.3 is 0 Å². The highest BCUT2D eigenvalue weighted by Gasteiger charge is 2.45. The third kappa shape index (κ3) is 4.63. The summed E-state index contributed by atoms with van der Waals surface area (Å²) < 4.78 is 0. The fourth-order valence-electron chi connectivity index (χ4n) is 5.33. The SMILES string of the molecule is Bc1cc(OO)ccc1[Si](c1ccc(OO)cc1B)(c1ccc(OO)cc1B)c1ccc(OO)cc1B. The molecule has 0 saturated carbocycles. The van der Waals surface area contributed by atoms with Gasteiger partial charge in [0, 0.05) is 0 Å². The van der Waals surface area contributed by atoms with Crippen molar-refractivity contribution in [2.75, 3.05) is 0 Å². The standard InChI is InChI=1S/C24H24B4O8Si/c25-17-9-13(33-29)1-5-21(17)37(22-6-2-14(34-30)10-18(22)26,23-7-3-15(35-31)11-19(23)27)24-8-4-16(36-32)12-20(24)28/h1-12,29-32H,25-28H2. The lowest BCUT2D eigenvalue weighted by Gasteiger charge is -2.39. The second kappa shape index (κ2) is 10.8. The van der Waals surface area contributed by atoms with Crippen LogP contribution in [0.1, 0.15) is 0 Å². The average molecular weight is 512 g/mol. The van der Waals surface area contributed by atoms with Crippen molar-refractivity contribution < 1.29 is 40.6 Å². The molecular formula is C24H24B4O8Si. The van der Waals surface area contributed by atoms with Gasteiger partial charge in [-0.05, 0) is 48.5 Å². The fraction of sp³-hybridized carbons (Fsp3) is 0. The van der Waals surface area contributed by atoms with E-state index < -0.39 is 8.07 Å². The molecule has 0 aliphatic heterocycles. The van der Waals surface area contributed by atoms with Gasteiger partial charge in [-0.3, -0.25) is 0 Å². The summed E-state index contributed by atoms with van der Waals surface area (Å²) in [6, 6.07) is 21.8. The van der Waals surface area contributed by atoms with Crippen LogP contribution in [0.2, 0.25) is 0 Å². The second-order valence-corrected chi connectivity index (χ2v) is 12.7. The van der Waals surface area contributed by atoms with Gasteiger partial charge in [0.1, 0.15) is 31.4 Å². The van der Waals surface area contributed by atoms with E-state index in [0.29, 0.717) is 23.0 Å². The summed E-state index contributed by atoms with van der Waals surface area (Å²) >= 11 is 0. The van der Waals surface area contributed by atoms with E-state index in [2.05, 4.69) is 19.6 Å². The van der Waals surface area contributed by atoms with E-state index >= 15 is 0 Å². The smallest absolute Gasteiger partial charge is 0.177 e. The molecule has 4 aromatic carbocycles. The average Bonchev–Trinajstić information content (AvgIpc) is 2.91. The van der Waals surface area contributed by atoms with Crippen molar-refractivity contribution in [2.24, 2.45) is 0 Å². The van der Waals surface area contributed by atoms with Crippen LogP contribution in [0.5, 0.6) is 23.0 Å². The first-order valence-corrected chi connectivity index (χ1v) is 13.5. The van der Waals surface area contributed by atoms with Crippen LogP contribution in [0.3, 0.4) is 0 Å². The molecule has 0 aliphatic rings. The molecule has 37 heavy (non-hydrogen) atoms. The predicted octanol–water partition coefficient (Wildman–Crippen LogP) is -4.50. The molecule has 0 amide bonds. The molecule has 4 N–H and O–H groups in total. The van der Waals surface area contributed by atoms with Crippen LogP contribution in [-0.2, 0) is 0 Å². The van der Waals surface area contributed by atoms with E-state index in [-0.39, 0.29) is 0 Å². The van der Waals surface area contributed by atoms with Gasteiger partial charge in [-0.2, -0.15) is 0 Å². The molecule has 184 valence electrons. The number of rotatable bonds is 8. The first-order chi connectivity index (χ1) is 17.8. The molecule has 0 radical (unpaired) electrons. The molecule has 8 nitrogen and oxygen atoms in total. The van der Waals surface area contributed by atoms with E-state index in [1.807, 2.05) is 55.7 Å². The highest BCUT2D eigenvalue weighted by molar-refractivity contribution is 7.23. The van der Waals surface area contributed by atoms with Gasteiger partial charge in [-0.1, -0.05) is 66.9 Å². The Bertz CT molecular complexity index is 1230. The summed E-state index contributed by atoms with van der Waals surface area (Å²) in [5.74, 6) is 1.25. The summed E-state index contributed by atoms with van der Waals surface area (Å²) in [5, 5.41) is 41.3.